The fraction of sp³-hybridized carbons (Fsp3) is 0.167. The van der Waals surface area contributed by atoms with Crippen LogP contribution in [-0.4, -0.2) is 15.3 Å². The highest BCUT2D eigenvalue weighted by Gasteiger charge is 2.04. The number of anilines is 2. The molecule has 0 fully saturated rings. The molecule has 1 heterocycles. The molecule has 0 saturated heterocycles. The van der Waals surface area contributed by atoms with Gasteiger partial charge in [-0.2, -0.15) is 5.10 Å². The molecule has 0 aliphatic rings. The molecule has 1 aromatic heterocycles. The van der Waals surface area contributed by atoms with Gasteiger partial charge in [0.25, 0.3) is 0 Å². The molecular formula is C12H13ClN4S. The summed E-state index contributed by atoms with van der Waals surface area (Å²) in [6.45, 7) is 3.90. The Hall–Kier alpha value is -1.59. The van der Waals surface area contributed by atoms with Crippen molar-refractivity contribution in [3.05, 3.63) is 40.5 Å². The van der Waals surface area contributed by atoms with Gasteiger partial charge in [-0.25, -0.2) is 0 Å². The zero-order valence-corrected chi connectivity index (χ0v) is 11.6. The monoisotopic (exact) mass is 280 g/mol. The number of benzene rings is 1. The number of nitrogens with zero attached hydrogens (tertiary/aromatic N) is 1. The van der Waals surface area contributed by atoms with Crippen molar-refractivity contribution in [3.8, 4) is 0 Å². The van der Waals surface area contributed by atoms with Crippen LogP contribution in [0.25, 0.3) is 0 Å². The van der Waals surface area contributed by atoms with Crippen molar-refractivity contribution >= 4 is 40.4 Å². The number of thiocarbonyl (C=S) groups is 1. The molecule has 2 rings (SSSR count). The molecule has 0 radical (unpaired) electrons. The summed E-state index contributed by atoms with van der Waals surface area (Å²) >= 11 is 11.1. The van der Waals surface area contributed by atoms with Crippen molar-refractivity contribution in [3.63, 3.8) is 0 Å². The molecule has 0 saturated carbocycles. The maximum absolute atomic E-state index is 5.90. The van der Waals surface area contributed by atoms with E-state index >= 15 is 0 Å². The smallest absolute Gasteiger partial charge is 0.176 e. The van der Waals surface area contributed by atoms with Crippen LogP contribution in [-0.2, 0) is 0 Å². The fourth-order valence-electron chi connectivity index (χ4n) is 1.52. The number of halogens is 1. The third kappa shape index (κ3) is 3.21. The number of aromatic amines is 1. The van der Waals surface area contributed by atoms with E-state index in [2.05, 4.69) is 20.8 Å². The zero-order chi connectivity index (χ0) is 13.1. The standard InChI is InChI=1S/C12H13ClN4S/c1-7-5-9(13)3-4-10(7)14-12(18)15-11-6-8(2)16-17-11/h3-6H,1-2H3,(H3,14,15,16,17,18). The predicted molar refractivity (Wildman–Crippen MR) is 79.4 cm³/mol. The lowest BCUT2D eigenvalue weighted by Crippen LogP contribution is -2.19. The van der Waals surface area contributed by atoms with Crippen LogP contribution in [0.5, 0.6) is 0 Å². The van der Waals surface area contributed by atoms with Gasteiger partial charge in [0.05, 0.1) is 0 Å². The van der Waals surface area contributed by atoms with Gasteiger partial charge in [0.2, 0.25) is 0 Å². The Bertz CT molecular complexity index is 579. The lowest BCUT2D eigenvalue weighted by molar-refractivity contribution is 1.05. The lowest BCUT2D eigenvalue weighted by Gasteiger charge is -2.11. The van der Waals surface area contributed by atoms with Gasteiger partial charge in [-0.3, -0.25) is 5.10 Å². The maximum Gasteiger partial charge on any atom is 0.176 e. The second kappa shape index (κ2) is 5.37. The molecular weight excluding hydrogens is 268 g/mol. The summed E-state index contributed by atoms with van der Waals surface area (Å²) < 4.78 is 0. The fourth-order valence-corrected chi connectivity index (χ4v) is 1.96. The third-order valence-electron chi connectivity index (χ3n) is 2.38. The van der Waals surface area contributed by atoms with Crippen molar-refractivity contribution in [1.82, 2.24) is 10.2 Å². The van der Waals surface area contributed by atoms with E-state index in [1.807, 2.05) is 38.1 Å². The van der Waals surface area contributed by atoms with Crippen molar-refractivity contribution in [2.24, 2.45) is 0 Å². The number of rotatable bonds is 2. The predicted octanol–water partition coefficient (Wildman–Crippen LogP) is 3.49. The Morgan fingerprint density at radius 1 is 1.28 bits per heavy atom. The lowest BCUT2D eigenvalue weighted by atomic mass is 10.2. The Balaban J connectivity index is 2.03. The van der Waals surface area contributed by atoms with E-state index in [1.165, 1.54) is 0 Å². The van der Waals surface area contributed by atoms with Gasteiger partial charge >= 0.3 is 0 Å². The van der Waals surface area contributed by atoms with Crippen molar-refractivity contribution in [1.29, 1.82) is 0 Å². The van der Waals surface area contributed by atoms with Crippen LogP contribution in [0.4, 0.5) is 11.5 Å². The SMILES string of the molecule is Cc1cc(NC(=S)Nc2ccc(Cl)cc2C)n[nH]1. The van der Waals surface area contributed by atoms with Gasteiger partial charge in [-0.1, -0.05) is 11.6 Å². The van der Waals surface area contributed by atoms with Gasteiger partial charge in [-0.15, -0.1) is 0 Å². The zero-order valence-electron chi connectivity index (χ0n) is 10.0. The molecule has 0 unspecified atom stereocenters. The van der Waals surface area contributed by atoms with Gasteiger partial charge < -0.3 is 10.6 Å². The van der Waals surface area contributed by atoms with E-state index < -0.39 is 0 Å². The normalized spacial score (nSPS) is 10.2. The van der Waals surface area contributed by atoms with E-state index in [9.17, 15) is 0 Å². The average molecular weight is 281 g/mol. The second-order valence-corrected chi connectivity index (χ2v) is 4.82. The van der Waals surface area contributed by atoms with Crippen LogP contribution in [0.15, 0.2) is 24.3 Å². The number of hydrogen-bond donors (Lipinski definition) is 3. The summed E-state index contributed by atoms with van der Waals surface area (Å²) in [5.41, 5.74) is 2.93. The van der Waals surface area contributed by atoms with E-state index in [-0.39, 0.29) is 0 Å². The van der Waals surface area contributed by atoms with Crippen LogP contribution >= 0.6 is 23.8 Å². The van der Waals surface area contributed by atoms with Gasteiger partial charge in [0.1, 0.15) is 0 Å². The minimum atomic E-state index is 0.493. The summed E-state index contributed by atoms with van der Waals surface area (Å²) in [5, 5.41) is 14.2. The minimum absolute atomic E-state index is 0.493. The Morgan fingerprint density at radius 2 is 2.06 bits per heavy atom. The largest absolute Gasteiger partial charge is 0.332 e. The summed E-state index contributed by atoms with van der Waals surface area (Å²) in [6, 6.07) is 7.47. The van der Waals surface area contributed by atoms with Crippen LogP contribution in [0, 0.1) is 13.8 Å². The van der Waals surface area contributed by atoms with E-state index in [4.69, 9.17) is 23.8 Å². The maximum atomic E-state index is 5.90. The molecule has 3 N–H and O–H groups in total. The average Bonchev–Trinajstić information content (AvgIpc) is 2.68. The summed E-state index contributed by atoms with van der Waals surface area (Å²) in [7, 11) is 0. The number of aryl methyl sites for hydroxylation is 2. The van der Waals surface area contributed by atoms with Crippen LogP contribution in [0.2, 0.25) is 5.02 Å². The molecule has 6 heteroatoms. The first kappa shape index (κ1) is 12.9. The van der Waals surface area contributed by atoms with Crippen molar-refractivity contribution in [2.75, 3.05) is 10.6 Å². The molecule has 0 spiro atoms. The minimum Gasteiger partial charge on any atom is -0.332 e. The molecule has 0 amide bonds. The first-order valence-electron chi connectivity index (χ1n) is 5.41. The van der Waals surface area contributed by atoms with Gasteiger partial charge in [-0.05, 0) is 49.8 Å². The third-order valence-corrected chi connectivity index (χ3v) is 2.82. The molecule has 1 aromatic carbocycles. The summed E-state index contributed by atoms with van der Waals surface area (Å²) in [5.74, 6) is 0.691. The van der Waals surface area contributed by atoms with E-state index in [0.29, 0.717) is 16.0 Å². The highest BCUT2D eigenvalue weighted by Crippen LogP contribution is 2.19. The topological polar surface area (TPSA) is 52.7 Å². The quantitative estimate of drug-likeness (QED) is 0.737. The van der Waals surface area contributed by atoms with Gasteiger partial charge in [0, 0.05) is 22.5 Å². The molecule has 0 aliphatic heterocycles. The molecule has 0 aliphatic carbocycles. The van der Waals surface area contributed by atoms with Gasteiger partial charge in [0.15, 0.2) is 10.9 Å². The van der Waals surface area contributed by atoms with Crippen molar-refractivity contribution < 1.29 is 0 Å². The second-order valence-electron chi connectivity index (χ2n) is 3.97. The Kier molecular flexibility index (Phi) is 3.84. The molecule has 0 bridgehead atoms. The summed E-state index contributed by atoms with van der Waals surface area (Å²) in [6.07, 6.45) is 0. The number of H-pyrrole nitrogens is 1. The van der Waals surface area contributed by atoms with E-state index in [1.54, 1.807) is 0 Å². The number of hydrogen-bond acceptors (Lipinski definition) is 2. The Labute approximate surface area is 116 Å². The van der Waals surface area contributed by atoms with Crippen LogP contribution in [0.3, 0.4) is 0 Å². The molecule has 2 aromatic rings. The molecule has 0 atom stereocenters. The molecule has 94 valence electrons. The Morgan fingerprint density at radius 3 is 2.67 bits per heavy atom. The molecule has 4 nitrogen and oxygen atoms in total. The highest BCUT2D eigenvalue weighted by atomic mass is 35.5. The first-order valence-corrected chi connectivity index (χ1v) is 6.19. The van der Waals surface area contributed by atoms with Crippen LogP contribution in [0.1, 0.15) is 11.3 Å². The molecule has 18 heavy (non-hydrogen) atoms. The first-order chi connectivity index (χ1) is 8.54. The number of aromatic nitrogens is 2. The highest BCUT2D eigenvalue weighted by molar-refractivity contribution is 7.80. The summed E-state index contributed by atoms with van der Waals surface area (Å²) in [4.78, 5) is 0. The van der Waals surface area contributed by atoms with E-state index in [0.717, 1.165) is 16.9 Å². The van der Waals surface area contributed by atoms with Crippen molar-refractivity contribution in [2.45, 2.75) is 13.8 Å². The van der Waals surface area contributed by atoms with Crippen LogP contribution < -0.4 is 10.6 Å². The number of nitrogens with one attached hydrogen (secondary N) is 3.